The van der Waals surface area contributed by atoms with Crippen LogP contribution in [0.2, 0.25) is 0 Å². The molecule has 0 bridgehead atoms. The number of fused-ring (bicyclic) bond motifs is 1. The molecule has 3 rings (SSSR count). The first-order chi connectivity index (χ1) is 11.4. The molecule has 0 unspecified atom stereocenters. The molecule has 1 aromatic carbocycles. The van der Waals surface area contributed by atoms with Crippen LogP contribution >= 0.6 is 0 Å². The summed E-state index contributed by atoms with van der Waals surface area (Å²) in [6.07, 6.45) is -2.04. The summed E-state index contributed by atoms with van der Waals surface area (Å²) in [7, 11) is 1.50. The number of aromatic nitrogens is 3. The van der Waals surface area contributed by atoms with Crippen molar-refractivity contribution < 1.29 is 18.3 Å². The Hall–Kier alpha value is -2.61. The average molecular weight is 338 g/mol. The van der Waals surface area contributed by atoms with E-state index < -0.39 is 17.5 Å². The molecule has 24 heavy (non-hydrogen) atoms. The van der Waals surface area contributed by atoms with E-state index in [4.69, 9.17) is 0 Å². The number of aryl methyl sites for hydroxylation is 1. The van der Waals surface area contributed by atoms with Gasteiger partial charge in [0, 0.05) is 18.2 Å². The molecule has 0 saturated heterocycles. The molecule has 8 heteroatoms. The van der Waals surface area contributed by atoms with Crippen molar-refractivity contribution in [2.45, 2.75) is 19.5 Å². The van der Waals surface area contributed by atoms with Gasteiger partial charge in [0.15, 0.2) is 0 Å². The molecule has 0 aliphatic heterocycles. The highest BCUT2D eigenvalue weighted by Crippen LogP contribution is 2.37. The van der Waals surface area contributed by atoms with E-state index in [0.717, 1.165) is 11.9 Å². The summed E-state index contributed by atoms with van der Waals surface area (Å²) in [5, 5.41) is 18.1. The lowest BCUT2D eigenvalue weighted by Crippen LogP contribution is -2.05. The lowest BCUT2D eigenvalue weighted by molar-refractivity contribution is -0.137. The Bertz CT molecular complexity index is 843. The number of hydrogen-bond acceptors (Lipinski definition) is 4. The number of halogens is 3. The van der Waals surface area contributed by atoms with E-state index in [9.17, 15) is 18.3 Å². The average Bonchev–Trinajstić information content (AvgIpc) is 3.05. The summed E-state index contributed by atoms with van der Waals surface area (Å²) < 4.78 is 39.8. The number of rotatable bonds is 2. The monoisotopic (exact) mass is 338 g/mol. The number of alkyl halides is 3. The number of hydrogen-bond donors (Lipinski definition) is 2. The molecule has 0 fully saturated rings. The van der Waals surface area contributed by atoms with E-state index in [1.165, 1.54) is 13.1 Å². The van der Waals surface area contributed by atoms with Crippen molar-refractivity contribution in [3.63, 3.8) is 0 Å². The van der Waals surface area contributed by atoms with E-state index in [2.05, 4.69) is 15.9 Å². The zero-order valence-electron chi connectivity index (χ0n) is 13.2. The first-order valence-electron chi connectivity index (χ1n) is 7.22. The minimum Gasteiger partial charge on any atom is -0.507 e. The van der Waals surface area contributed by atoms with Gasteiger partial charge in [-0.2, -0.15) is 13.2 Å². The fraction of sp³-hybridized carbons (Fsp3) is 0.250. The van der Waals surface area contributed by atoms with E-state index in [-0.39, 0.29) is 5.56 Å². The Kier molecular flexibility index (Phi) is 5.08. The van der Waals surface area contributed by atoms with Crippen LogP contribution in [0, 0.1) is 0 Å². The minimum absolute atomic E-state index is 0.215. The minimum atomic E-state index is -4.50. The zero-order valence-corrected chi connectivity index (χ0v) is 13.2. The van der Waals surface area contributed by atoms with Crippen molar-refractivity contribution >= 4 is 5.52 Å². The Morgan fingerprint density at radius 1 is 1.17 bits per heavy atom. The van der Waals surface area contributed by atoms with Gasteiger partial charge in [-0.15, -0.1) is 10.2 Å². The third-order valence-corrected chi connectivity index (χ3v) is 3.43. The molecule has 0 aliphatic rings. The molecule has 3 aromatic rings. The van der Waals surface area contributed by atoms with Crippen molar-refractivity contribution in [2.24, 2.45) is 5.73 Å². The van der Waals surface area contributed by atoms with Crippen LogP contribution in [-0.2, 0) is 12.6 Å². The van der Waals surface area contributed by atoms with Crippen LogP contribution in [0.1, 0.15) is 18.3 Å². The van der Waals surface area contributed by atoms with E-state index >= 15 is 0 Å². The van der Waals surface area contributed by atoms with Gasteiger partial charge in [-0.05, 0) is 37.4 Å². The summed E-state index contributed by atoms with van der Waals surface area (Å²) in [5.41, 5.74) is 4.83. The number of benzene rings is 1. The van der Waals surface area contributed by atoms with Crippen LogP contribution in [0.4, 0.5) is 13.2 Å². The van der Waals surface area contributed by atoms with Crippen molar-refractivity contribution in [1.29, 1.82) is 0 Å². The van der Waals surface area contributed by atoms with Gasteiger partial charge in [-0.25, -0.2) is 0 Å². The predicted molar refractivity (Wildman–Crippen MR) is 84.6 cm³/mol. The first kappa shape index (κ1) is 17.7. The fourth-order valence-electron chi connectivity index (χ4n) is 2.35. The highest BCUT2D eigenvalue weighted by atomic mass is 19.4. The summed E-state index contributed by atoms with van der Waals surface area (Å²) >= 11 is 0. The molecule has 0 atom stereocenters. The molecule has 0 amide bonds. The van der Waals surface area contributed by atoms with Crippen LogP contribution < -0.4 is 5.73 Å². The second-order valence-electron chi connectivity index (χ2n) is 4.81. The van der Waals surface area contributed by atoms with Crippen molar-refractivity contribution in [3.05, 3.63) is 47.9 Å². The lowest BCUT2D eigenvalue weighted by atomic mass is 10.1. The summed E-state index contributed by atoms with van der Waals surface area (Å²) in [6, 6.07) is 6.40. The molecule has 0 aliphatic carbocycles. The predicted octanol–water partition coefficient (Wildman–Crippen LogP) is 3.26. The molecule has 128 valence electrons. The van der Waals surface area contributed by atoms with Crippen LogP contribution in [0.5, 0.6) is 5.75 Å². The van der Waals surface area contributed by atoms with Gasteiger partial charge in [0.2, 0.25) is 0 Å². The maximum absolute atomic E-state index is 12.7. The summed E-state index contributed by atoms with van der Waals surface area (Å²) in [6.45, 7) is 1.93. The largest absolute Gasteiger partial charge is 0.507 e. The molecule has 0 spiro atoms. The Balaban J connectivity index is 0.00000100. The standard InChI is InChI=1S/C15H12F3N3O.CH5N/c1-2-13-19-20-14(11-4-3-7-21(11)13)10-6-5-9(8-12(10)22)15(16,17)18;1-2/h3-8,22H,2H2,1H3;2H2,1H3. The van der Waals surface area contributed by atoms with Gasteiger partial charge in [-0.3, -0.25) is 0 Å². The molecule has 2 heterocycles. The smallest absolute Gasteiger partial charge is 0.416 e. The Morgan fingerprint density at radius 2 is 1.88 bits per heavy atom. The van der Waals surface area contributed by atoms with Gasteiger partial charge >= 0.3 is 6.18 Å². The Morgan fingerprint density at radius 3 is 2.46 bits per heavy atom. The van der Waals surface area contributed by atoms with Crippen molar-refractivity contribution in [1.82, 2.24) is 14.6 Å². The summed E-state index contributed by atoms with van der Waals surface area (Å²) in [4.78, 5) is 0. The second-order valence-corrected chi connectivity index (χ2v) is 4.81. The second kappa shape index (κ2) is 6.88. The topological polar surface area (TPSA) is 76.4 Å². The normalized spacial score (nSPS) is 11.2. The van der Waals surface area contributed by atoms with Crippen molar-refractivity contribution in [2.75, 3.05) is 7.05 Å². The molecule has 5 nitrogen and oxygen atoms in total. The van der Waals surface area contributed by atoms with Gasteiger partial charge in [0.05, 0.1) is 11.1 Å². The van der Waals surface area contributed by atoms with E-state index in [1.54, 1.807) is 22.7 Å². The number of phenols is 1. The SMILES string of the molecule is CCc1nnc(-c2ccc(C(F)(F)F)cc2O)c2cccn12.CN. The van der Waals surface area contributed by atoms with Gasteiger partial charge in [-0.1, -0.05) is 6.92 Å². The Labute approximate surface area is 136 Å². The lowest BCUT2D eigenvalue weighted by Gasteiger charge is -2.11. The van der Waals surface area contributed by atoms with Crippen molar-refractivity contribution in [3.8, 4) is 17.0 Å². The third kappa shape index (κ3) is 3.18. The zero-order chi connectivity index (χ0) is 17.9. The molecule has 2 aromatic heterocycles. The molecule has 3 N–H and O–H groups in total. The van der Waals surface area contributed by atoms with Crippen LogP contribution in [-0.4, -0.2) is 26.8 Å². The van der Waals surface area contributed by atoms with Gasteiger partial charge in [0.1, 0.15) is 17.3 Å². The van der Waals surface area contributed by atoms with Gasteiger partial charge < -0.3 is 15.2 Å². The highest BCUT2D eigenvalue weighted by molar-refractivity contribution is 5.80. The molecular weight excluding hydrogens is 321 g/mol. The number of nitrogens with zero attached hydrogens (tertiary/aromatic N) is 3. The van der Waals surface area contributed by atoms with Crippen LogP contribution in [0.25, 0.3) is 16.8 Å². The summed E-state index contributed by atoms with van der Waals surface area (Å²) in [5.74, 6) is 0.256. The maximum Gasteiger partial charge on any atom is 0.416 e. The van der Waals surface area contributed by atoms with Crippen LogP contribution in [0.3, 0.4) is 0 Å². The quantitative estimate of drug-likeness (QED) is 0.752. The number of aromatic hydroxyl groups is 1. The number of nitrogens with two attached hydrogens (primary N) is 1. The fourth-order valence-corrected chi connectivity index (χ4v) is 2.35. The van der Waals surface area contributed by atoms with E-state index in [1.807, 2.05) is 6.92 Å². The molecular formula is C16H17F3N4O. The van der Waals surface area contributed by atoms with E-state index in [0.29, 0.717) is 23.7 Å². The number of phenolic OH excluding ortho intramolecular Hbond substituents is 1. The first-order valence-corrected chi connectivity index (χ1v) is 7.22. The highest BCUT2D eigenvalue weighted by Gasteiger charge is 2.31. The van der Waals surface area contributed by atoms with Crippen LogP contribution in [0.15, 0.2) is 36.5 Å². The third-order valence-electron chi connectivity index (χ3n) is 3.43. The van der Waals surface area contributed by atoms with Gasteiger partial charge in [0.25, 0.3) is 0 Å². The maximum atomic E-state index is 12.7. The molecule has 0 saturated carbocycles. The molecule has 0 radical (unpaired) electrons.